The predicted octanol–water partition coefficient (Wildman–Crippen LogP) is 3.74. The van der Waals surface area contributed by atoms with E-state index in [2.05, 4.69) is 5.32 Å². The minimum absolute atomic E-state index is 0.0680. The molecule has 0 spiro atoms. The second-order valence-electron chi connectivity index (χ2n) is 4.53. The van der Waals surface area contributed by atoms with Crippen LogP contribution in [-0.2, 0) is 4.79 Å². The first-order valence-electron chi connectivity index (χ1n) is 6.12. The molecule has 0 aliphatic carbocycles. The molecule has 2 aromatic carbocycles. The third kappa shape index (κ3) is 2.39. The summed E-state index contributed by atoms with van der Waals surface area (Å²) in [6.07, 6.45) is 1.62. The molecule has 0 atom stereocenters. The van der Waals surface area contributed by atoms with Crippen molar-refractivity contribution in [1.82, 2.24) is 0 Å². The average Bonchev–Trinajstić information content (AvgIpc) is 2.77. The number of anilines is 1. The molecule has 0 saturated carbocycles. The molecular weight excluding hydrogens is 292 g/mol. The molecule has 2 aromatic rings. The van der Waals surface area contributed by atoms with E-state index in [0.29, 0.717) is 11.1 Å². The summed E-state index contributed by atoms with van der Waals surface area (Å²) in [6.45, 7) is 0. The summed E-state index contributed by atoms with van der Waals surface area (Å²) in [6, 6.07) is 11.7. The van der Waals surface area contributed by atoms with Gasteiger partial charge in [0.15, 0.2) is 0 Å². The van der Waals surface area contributed by atoms with Crippen molar-refractivity contribution in [1.29, 1.82) is 0 Å². The maximum Gasteiger partial charge on any atom is 0.288 e. The van der Waals surface area contributed by atoms with Crippen LogP contribution >= 0.6 is 11.6 Å². The SMILES string of the molecule is O=C1Nc2ccccc2/C1=C\c1ccc(Cl)c([N+](=O)[O-])c1. The zero-order valence-electron chi connectivity index (χ0n) is 10.7. The van der Waals surface area contributed by atoms with Crippen molar-refractivity contribution in [2.45, 2.75) is 0 Å². The Labute approximate surface area is 125 Å². The molecule has 104 valence electrons. The molecule has 3 rings (SSSR count). The van der Waals surface area contributed by atoms with Gasteiger partial charge < -0.3 is 5.32 Å². The van der Waals surface area contributed by atoms with Gasteiger partial charge >= 0.3 is 0 Å². The van der Waals surface area contributed by atoms with Gasteiger partial charge in [0.1, 0.15) is 5.02 Å². The van der Waals surface area contributed by atoms with Gasteiger partial charge in [-0.2, -0.15) is 0 Å². The van der Waals surface area contributed by atoms with E-state index < -0.39 is 4.92 Å². The maximum absolute atomic E-state index is 12.0. The molecule has 1 aliphatic rings. The van der Waals surface area contributed by atoms with Crippen molar-refractivity contribution in [3.05, 3.63) is 68.7 Å². The smallest absolute Gasteiger partial charge is 0.288 e. The lowest BCUT2D eigenvalue weighted by molar-refractivity contribution is -0.384. The van der Waals surface area contributed by atoms with E-state index in [9.17, 15) is 14.9 Å². The van der Waals surface area contributed by atoms with Gasteiger partial charge in [-0.05, 0) is 23.8 Å². The summed E-state index contributed by atoms with van der Waals surface area (Å²) in [7, 11) is 0. The highest BCUT2D eigenvalue weighted by Gasteiger charge is 2.23. The lowest BCUT2D eigenvalue weighted by atomic mass is 10.0. The number of benzene rings is 2. The molecule has 0 unspecified atom stereocenters. The number of hydrogen-bond acceptors (Lipinski definition) is 3. The fourth-order valence-electron chi connectivity index (χ4n) is 2.21. The minimum Gasteiger partial charge on any atom is -0.321 e. The van der Waals surface area contributed by atoms with E-state index in [1.807, 2.05) is 18.2 Å². The molecule has 1 heterocycles. The van der Waals surface area contributed by atoms with Crippen molar-refractivity contribution in [3.8, 4) is 0 Å². The van der Waals surface area contributed by atoms with Gasteiger partial charge in [0.25, 0.3) is 11.6 Å². The maximum atomic E-state index is 12.0. The number of nitrogens with zero attached hydrogens (tertiary/aromatic N) is 1. The fraction of sp³-hybridized carbons (Fsp3) is 0. The largest absolute Gasteiger partial charge is 0.321 e. The number of nitro groups is 1. The summed E-state index contributed by atoms with van der Waals surface area (Å²) in [5.74, 6) is -0.228. The monoisotopic (exact) mass is 300 g/mol. The third-order valence-corrected chi connectivity index (χ3v) is 3.51. The van der Waals surface area contributed by atoms with E-state index in [0.717, 1.165) is 11.3 Å². The Hall–Kier alpha value is -2.66. The van der Waals surface area contributed by atoms with Crippen molar-refractivity contribution in [3.63, 3.8) is 0 Å². The molecule has 0 aromatic heterocycles. The predicted molar refractivity (Wildman–Crippen MR) is 81.0 cm³/mol. The lowest BCUT2D eigenvalue weighted by Crippen LogP contribution is -2.03. The minimum atomic E-state index is -0.549. The van der Waals surface area contributed by atoms with E-state index in [4.69, 9.17) is 11.6 Å². The highest BCUT2D eigenvalue weighted by molar-refractivity contribution is 6.35. The second kappa shape index (κ2) is 5.03. The van der Waals surface area contributed by atoms with Crippen LogP contribution in [0, 0.1) is 10.1 Å². The van der Waals surface area contributed by atoms with Gasteiger partial charge in [-0.1, -0.05) is 35.9 Å². The van der Waals surface area contributed by atoms with Gasteiger partial charge in [0.2, 0.25) is 0 Å². The molecule has 1 N–H and O–H groups in total. The highest BCUT2D eigenvalue weighted by atomic mass is 35.5. The number of halogens is 1. The van der Waals surface area contributed by atoms with Gasteiger partial charge in [-0.3, -0.25) is 14.9 Å². The van der Waals surface area contributed by atoms with Crippen LogP contribution in [0.25, 0.3) is 11.6 Å². The first-order chi connectivity index (χ1) is 10.1. The summed E-state index contributed by atoms with van der Waals surface area (Å²) in [5.41, 5.74) is 2.35. The summed E-state index contributed by atoms with van der Waals surface area (Å²) in [5, 5.41) is 13.7. The number of para-hydroxylation sites is 1. The van der Waals surface area contributed by atoms with Gasteiger partial charge in [0.05, 0.1) is 4.92 Å². The van der Waals surface area contributed by atoms with Gasteiger partial charge in [0, 0.05) is 22.9 Å². The summed E-state index contributed by atoms with van der Waals surface area (Å²) >= 11 is 5.78. The molecule has 1 amide bonds. The molecule has 0 radical (unpaired) electrons. The quantitative estimate of drug-likeness (QED) is 0.521. The van der Waals surface area contributed by atoms with E-state index in [1.54, 1.807) is 18.2 Å². The van der Waals surface area contributed by atoms with Crippen LogP contribution in [0.15, 0.2) is 42.5 Å². The topological polar surface area (TPSA) is 72.2 Å². The number of fused-ring (bicyclic) bond motifs is 1. The Bertz CT molecular complexity index is 799. The Balaban J connectivity index is 2.09. The Morgan fingerprint density at radius 2 is 1.95 bits per heavy atom. The van der Waals surface area contributed by atoms with Crippen LogP contribution in [0.5, 0.6) is 0 Å². The molecule has 21 heavy (non-hydrogen) atoms. The van der Waals surface area contributed by atoms with Crippen LogP contribution < -0.4 is 5.32 Å². The number of rotatable bonds is 2. The molecule has 1 aliphatic heterocycles. The number of carbonyl (C=O) groups is 1. The van der Waals surface area contributed by atoms with Crippen LogP contribution in [0.1, 0.15) is 11.1 Å². The highest BCUT2D eigenvalue weighted by Crippen LogP contribution is 2.33. The van der Waals surface area contributed by atoms with Crippen LogP contribution in [0.3, 0.4) is 0 Å². The molecular formula is C15H9ClN2O3. The summed E-state index contributed by atoms with van der Waals surface area (Å²) in [4.78, 5) is 22.3. The molecule has 0 saturated heterocycles. The molecule has 5 nitrogen and oxygen atoms in total. The lowest BCUT2D eigenvalue weighted by Gasteiger charge is -2.00. The van der Waals surface area contributed by atoms with E-state index in [1.165, 1.54) is 12.1 Å². The molecule has 0 fully saturated rings. The number of amides is 1. The fourth-order valence-corrected chi connectivity index (χ4v) is 2.39. The van der Waals surface area contributed by atoms with E-state index in [-0.39, 0.29) is 16.6 Å². The molecule has 0 bridgehead atoms. The number of nitrogens with one attached hydrogen (secondary N) is 1. The summed E-state index contributed by atoms with van der Waals surface area (Å²) < 4.78 is 0. The standard InChI is InChI=1S/C15H9ClN2O3/c16-12-6-5-9(8-14(12)18(20)21)7-11-10-3-1-2-4-13(10)17-15(11)19/h1-8H,(H,17,19)/b11-7+. The first-order valence-corrected chi connectivity index (χ1v) is 6.50. The average molecular weight is 301 g/mol. The Morgan fingerprint density at radius 1 is 1.19 bits per heavy atom. The normalized spacial score (nSPS) is 14.9. The molecule has 6 heteroatoms. The van der Waals surface area contributed by atoms with Crippen molar-refractivity contribution < 1.29 is 9.72 Å². The van der Waals surface area contributed by atoms with Gasteiger partial charge in [-0.15, -0.1) is 0 Å². The van der Waals surface area contributed by atoms with Crippen molar-refractivity contribution in [2.24, 2.45) is 0 Å². The van der Waals surface area contributed by atoms with Crippen molar-refractivity contribution >= 4 is 40.5 Å². The number of hydrogen-bond donors (Lipinski definition) is 1. The first kappa shape index (κ1) is 13.3. The van der Waals surface area contributed by atoms with Crippen LogP contribution in [0.4, 0.5) is 11.4 Å². The number of nitro benzene ring substituents is 1. The zero-order chi connectivity index (χ0) is 15.0. The van der Waals surface area contributed by atoms with Crippen LogP contribution in [-0.4, -0.2) is 10.8 Å². The van der Waals surface area contributed by atoms with Crippen LogP contribution in [0.2, 0.25) is 5.02 Å². The Kier molecular flexibility index (Phi) is 3.19. The van der Waals surface area contributed by atoms with E-state index >= 15 is 0 Å². The third-order valence-electron chi connectivity index (χ3n) is 3.19. The Morgan fingerprint density at radius 3 is 2.71 bits per heavy atom. The van der Waals surface area contributed by atoms with Gasteiger partial charge in [-0.25, -0.2) is 0 Å². The number of carbonyl (C=O) groups excluding carboxylic acids is 1. The second-order valence-corrected chi connectivity index (χ2v) is 4.93. The zero-order valence-corrected chi connectivity index (χ0v) is 11.4. The van der Waals surface area contributed by atoms with Crippen molar-refractivity contribution in [2.75, 3.05) is 5.32 Å².